The molecule has 0 unspecified atom stereocenters. The Morgan fingerprint density at radius 1 is 1.43 bits per heavy atom. The van der Waals surface area contributed by atoms with Crippen LogP contribution in [0.4, 0.5) is 5.69 Å². The highest BCUT2D eigenvalue weighted by Crippen LogP contribution is 2.13. The van der Waals surface area contributed by atoms with Crippen molar-refractivity contribution in [3.05, 3.63) is 24.0 Å². The van der Waals surface area contributed by atoms with Gasteiger partial charge in [0.2, 0.25) is 0 Å². The van der Waals surface area contributed by atoms with Gasteiger partial charge in [0.1, 0.15) is 0 Å². The number of hydrogen-bond acceptors (Lipinski definition) is 3. The van der Waals surface area contributed by atoms with Gasteiger partial charge < -0.3 is 10.6 Å². The quantitative estimate of drug-likeness (QED) is 0.751. The second-order valence-corrected chi connectivity index (χ2v) is 3.61. The first-order valence-electron chi connectivity index (χ1n) is 5.14. The molecule has 0 aliphatic heterocycles. The summed E-state index contributed by atoms with van der Waals surface area (Å²) in [5.41, 5.74) is 2.40. The van der Waals surface area contributed by atoms with E-state index in [4.69, 9.17) is 0 Å². The van der Waals surface area contributed by atoms with Crippen LogP contribution in [0, 0.1) is 0 Å². The van der Waals surface area contributed by atoms with Crippen LogP contribution in [0.3, 0.4) is 0 Å². The third-order valence-corrected chi connectivity index (χ3v) is 1.92. The Kier molecular flexibility index (Phi) is 4.40. The molecule has 2 N–H and O–H groups in total. The van der Waals surface area contributed by atoms with Gasteiger partial charge in [-0.15, -0.1) is 0 Å². The fourth-order valence-electron chi connectivity index (χ4n) is 1.28. The smallest absolute Gasteiger partial charge is 0.0574 e. The summed E-state index contributed by atoms with van der Waals surface area (Å²) in [7, 11) is 0. The molecular formula is C11H19N3. The lowest BCUT2D eigenvalue weighted by Gasteiger charge is -2.14. The van der Waals surface area contributed by atoms with Crippen molar-refractivity contribution in [1.82, 2.24) is 10.3 Å². The van der Waals surface area contributed by atoms with E-state index in [0.717, 1.165) is 18.8 Å². The SMILES string of the molecule is CCNCc1ccncc1NC(C)C. The molecule has 0 saturated heterocycles. The lowest BCUT2D eigenvalue weighted by Crippen LogP contribution is -2.16. The molecule has 0 amide bonds. The van der Waals surface area contributed by atoms with Gasteiger partial charge in [0.25, 0.3) is 0 Å². The number of hydrogen-bond donors (Lipinski definition) is 2. The zero-order valence-corrected chi connectivity index (χ0v) is 9.17. The fraction of sp³-hybridized carbons (Fsp3) is 0.545. The average Bonchev–Trinajstić information content (AvgIpc) is 2.16. The van der Waals surface area contributed by atoms with Crippen LogP contribution in [0.15, 0.2) is 18.5 Å². The van der Waals surface area contributed by atoms with E-state index in [1.807, 2.05) is 18.5 Å². The van der Waals surface area contributed by atoms with Crippen LogP contribution in [-0.4, -0.2) is 17.6 Å². The van der Waals surface area contributed by atoms with Gasteiger partial charge in [-0.1, -0.05) is 6.92 Å². The summed E-state index contributed by atoms with van der Waals surface area (Å²) in [6, 6.07) is 2.49. The number of rotatable bonds is 5. The van der Waals surface area contributed by atoms with Crippen LogP contribution in [0.1, 0.15) is 26.3 Å². The van der Waals surface area contributed by atoms with Gasteiger partial charge in [-0.3, -0.25) is 4.98 Å². The first kappa shape index (κ1) is 11.0. The van der Waals surface area contributed by atoms with Crippen LogP contribution in [-0.2, 0) is 6.54 Å². The fourth-order valence-corrected chi connectivity index (χ4v) is 1.28. The third-order valence-electron chi connectivity index (χ3n) is 1.92. The van der Waals surface area contributed by atoms with Crippen molar-refractivity contribution in [3.8, 4) is 0 Å². The topological polar surface area (TPSA) is 37.0 Å². The maximum atomic E-state index is 4.12. The molecule has 1 aromatic rings. The van der Waals surface area contributed by atoms with Crippen molar-refractivity contribution in [2.24, 2.45) is 0 Å². The van der Waals surface area contributed by atoms with Crippen LogP contribution >= 0.6 is 0 Å². The lowest BCUT2D eigenvalue weighted by molar-refractivity contribution is 0.725. The molecule has 14 heavy (non-hydrogen) atoms. The maximum absolute atomic E-state index is 4.12. The van der Waals surface area contributed by atoms with Crippen molar-refractivity contribution in [2.75, 3.05) is 11.9 Å². The molecule has 0 atom stereocenters. The van der Waals surface area contributed by atoms with E-state index in [1.54, 1.807) is 0 Å². The van der Waals surface area contributed by atoms with Crippen LogP contribution in [0.25, 0.3) is 0 Å². The van der Waals surface area contributed by atoms with E-state index in [0.29, 0.717) is 6.04 Å². The standard InChI is InChI=1S/C11H19N3/c1-4-12-7-10-5-6-13-8-11(10)14-9(2)3/h5-6,8-9,12,14H,4,7H2,1-3H3. The molecule has 1 heterocycles. The predicted octanol–water partition coefficient (Wildman–Crippen LogP) is 2.01. The minimum Gasteiger partial charge on any atom is -0.381 e. The Labute approximate surface area is 85.9 Å². The zero-order chi connectivity index (χ0) is 10.4. The zero-order valence-electron chi connectivity index (χ0n) is 9.17. The maximum Gasteiger partial charge on any atom is 0.0574 e. The van der Waals surface area contributed by atoms with E-state index < -0.39 is 0 Å². The molecular weight excluding hydrogens is 174 g/mol. The summed E-state index contributed by atoms with van der Waals surface area (Å²) in [5, 5.41) is 6.69. The van der Waals surface area contributed by atoms with Gasteiger partial charge in [0.15, 0.2) is 0 Å². The molecule has 0 radical (unpaired) electrons. The second kappa shape index (κ2) is 5.60. The summed E-state index contributed by atoms with van der Waals surface area (Å²) >= 11 is 0. The Morgan fingerprint density at radius 2 is 2.21 bits per heavy atom. The molecule has 0 fully saturated rings. The Morgan fingerprint density at radius 3 is 2.86 bits per heavy atom. The highest BCUT2D eigenvalue weighted by molar-refractivity contribution is 5.49. The predicted molar refractivity (Wildman–Crippen MR) is 60.4 cm³/mol. The normalized spacial score (nSPS) is 10.6. The Hall–Kier alpha value is -1.09. The molecule has 0 spiro atoms. The van der Waals surface area contributed by atoms with E-state index >= 15 is 0 Å². The molecule has 78 valence electrons. The van der Waals surface area contributed by atoms with Gasteiger partial charge in [-0.05, 0) is 32.0 Å². The summed E-state index contributed by atoms with van der Waals surface area (Å²) in [5.74, 6) is 0. The average molecular weight is 193 g/mol. The molecule has 0 aliphatic rings. The lowest BCUT2D eigenvalue weighted by atomic mass is 10.2. The highest BCUT2D eigenvalue weighted by atomic mass is 14.9. The van der Waals surface area contributed by atoms with Crippen molar-refractivity contribution in [1.29, 1.82) is 0 Å². The van der Waals surface area contributed by atoms with E-state index in [1.165, 1.54) is 5.56 Å². The monoisotopic (exact) mass is 193 g/mol. The van der Waals surface area contributed by atoms with E-state index in [2.05, 4.69) is 36.4 Å². The van der Waals surface area contributed by atoms with Gasteiger partial charge in [-0.25, -0.2) is 0 Å². The molecule has 1 aromatic heterocycles. The van der Waals surface area contributed by atoms with E-state index in [-0.39, 0.29) is 0 Å². The molecule has 3 heteroatoms. The first-order chi connectivity index (χ1) is 6.74. The minimum atomic E-state index is 0.444. The molecule has 3 nitrogen and oxygen atoms in total. The Bertz CT molecular complexity index is 271. The van der Waals surface area contributed by atoms with Crippen LogP contribution in [0.5, 0.6) is 0 Å². The Balaban J connectivity index is 2.69. The summed E-state index contributed by atoms with van der Waals surface area (Å²) in [6.45, 7) is 8.25. The van der Waals surface area contributed by atoms with Gasteiger partial charge in [0.05, 0.1) is 11.9 Å². The second-order valence-electron chi connectivity index (χ2n) is 3.61. The van der Waals surface area contributed by atoms with Crippen LogP contribution in [0.2, 0.25) is 0 Å². The third kappa shape index (κ3) is 3.34. The van der Waals surface area contributed by atoms with Crippen molar-refractivity contribution < 1.29 is 0 Å². The molecule has 0 saturated carbocycles. The summed E-state index contributed by atoms with van der Waals surface area (Å²) in [4.78, 5) is 4.12. The van der Waals surface area contributed by atoms with Gasteiger partial charge >= 0.3 is 0 Å². The van der Waals surface area contributed by atoms with Crippen LogP contribution < -0.4 is 10.6 Å². The molecule has 0 aliphatic carbocycles. The largest absolute Gasteiger partial charge is 0.381 e. The first-order valence-corrected chi connectivity index (χ1v) is 5.14. The van der Waals surface area contributed by atoms with Gasteiger partial charge in [0, 0.05) is 18.8 Å². The molecule has 1 rings (SSSR count). The summed E-state index contributed by atoms with van der Waals surface area (Å²) < 4.78 is 0. The number of nitrogens with zero attached hydrogens (tertiary/aromatic N) is 1. The van der Waals surface area contributed by atoms with Crippen molar-refractivity contribution in [3.63, 3.8) is 0 Å². The summed E-state index contributed by atoms with van der Waals surface area (Å²) in [6.07, 6.45) is 3.71. The highest BCUT2D eigenvalue weighted by Gasteiger charge is 2.02. The number of anilines is 1. The van der Waals surface area contributed by atoms with E-state index in [9.17, 15) is 0 Å². The number of aromatic nitrogens is 1. The minimum absolute atomic E-state index is 0.444. The van der Waals surface area contributed by atoms with Crippen molar-refractivity contribution >= 4 is 5.69 Å². The van der Waals surface area contributed by atoms with Crippen molar-refractivity contribution in [2.45, 2.75) is 33.4 Å². The molecule has 0 aromatic carbocycles. The number of nitrogens with one attached hydrogen (secondary N) is 2. The number of pyridine rings is 1. The molecule has 0 bridgehead atoms. The van der Waals surface area contributed by atoms with Gasteiger partial charge in [-0.2, -0.15) is 0 Å².